The Hall–Kier alpha value is -2.94. The zero-order valence-electron chi connectivity index (χ0n) is 20.6. The van der Waals surface area contributed by atoms with Crippen LogP contribution in [0, 0.1) is 23.2 Å². The summed E-state index contributed by atoms with van der Waals surface area (Å²) in [6.45, 7) is 7.88. The van der Waals surface area contributed by atoms with Gasteiger partial charge in [0.1, 0.15) is 11.1 Å². The second-order valence-corrected chi connectivity index (χ2v) is 12.5. The molecule has 192 valence electrons. The zero-order chi connectivity index (χ0) is 26.0. The highest BCUT2D eigenvalue weighted by atomic mass is 32.2. The molecule has 36 heavy (non-hydrogen) atoms. The number of benzene rings is 1. The van der Waals surface area contributed by atoms with Crippen LogP contribution in [0.5, 0.6) is 0 Å². The summed E-state index contributed by atoms with van der Waals surface area (Å²) < 4.78 is 32.8. The van der Waals surface area contributed by atoms with Crippen molar-refractivity contribution < 1.29 is 22.7 Å². The fraction of sp³-hybridized carbons (Fsp3) is 0.480. The number of fused-ring (bicyclic) bond motifs is 1. The Morgan fingerprint density at radius 2 is 1.86 bits per heavy atom. The van der Waals surface area contributed by atoms with Crippen molar-refractivity contribution in [3.05, 3.63) is 45.8 Å². The lowest BCUT2D eigenvalue weighted by Crippen LogP contribution is -2.42. The van der Waals surface area contributed by atoms with Crippen molar-refractivity contribution in [2.24, 2.45) is 11.8 Å². The minimum Gasteiger partial charge on any atom is -0.450 e. The molecule has 2 unspecified atom stereocenters. The van der Waals surface area contributed by atoms with E-state index in [-0.39, 0.29) is 17.1 Å². The van der Waals surface area contributed by atoms with Crippen molar-refractivity contribution in [3.8, 4) is 6.07 Å². The van der Waals surface area contributed by atoms with E-state index in [1.165, 1.54) is 39.9 Å². The molecule has 0 radical (unpaired) electrons. The molecule has 2 atom stereocenters. The molecule has 9 nitrogen and oxygen atoms in total. The smallest absolute Gasteiger partial charge is 0.410 e. The highest BCUT2D eigenvalue weighted by molar-refractivity contribution is 7.89. The maximum Gasteiger partial charge on any atom is 0.410 e. The third-order valence-corrected chi connectivity index (χ3v) is 9.49. The van der Waals surface area contributed by atoms with Gasteiger partial charge in [0, 0.05) is 30.1 Å². The third kappa shape index (κ3) is 5.26. The van der Waals surface area contributed by atoms with E-state index in [1.54, 1.807) is 11.8 Å². The molecule has 2 amide bonds. The van der Waals surface area contributed by atoms with Gasteiger partial charge in [0.05, 0.1) is 23.6 Å². The first-order valence-corrected chi connectivity index (χ1v) is 14.3. The number of anilines is 1. The summed E-state index contributed by atoms with van der Waals surface area (Å²) >= 11 is 1.27. The number of nitrogens with one attached hydrogen (secondary N) is 1. The van der Waals surface area contributed by atoms with Crippen LogP contribution >= 0.6 is 11.3 Å². The lowest BCUT2D eigenvalue weighted by Gasteiger charge is -2.34. The van der Waals surface area contributed by atoms with Gasteiger partial charge >= 0.3 is 6.09 Å². The number of ether oxygens (including phenoxy) is 1. The van der Waals surface area contributed by atoms with E-state index in [9.17, 15) is 23.3 Å². The SMILES string of the molecule is CCOC(=O)N1CCc2c(sc(NC(=O)c3ccc(S(=O)(=O)N4CC(C)CC(C)C4)cc3)c2C#N)C1. The number of carbonyl (C=O) groups excluding carboxylic acids is 2. The number of rotatable bonds is 5. The topological polar surface area (TPSA) is 120 Å². The van der Waals surface area contributed by atoms with Gasteiger partial charge in [-0.25, -0.2) is 13.2 Å². The summed E-state index contributed by atoms with van der Waals surface area (Å²) in [5, 5.41) is 12.9. The maximum absolute atomic E-state index is 13.1. The first-order valence-electron chi connectivity index (χ1n) is 12.0. The monoisotopic (exact) mass is 530 g/mol. The van der Waals surface area contributed by atoms with Crippen molar-refractivity contribution >= 4 is 38.4 Å². The molecule has 0 aliphatic carbocycles. The minimum atomic E-state index is -3.64. The van der Waals surface area contributed by atoms with Gasteiger partial charge in [0.2, 0.25) is 10.0 Å². The van der Waals surface area contributed by atoms with Gasteiger partial charge < -0.3 is 15.0 Å². The van der Waals surface area contributed by atoms with E-state index in [4.69, 9.17) is 4.74 Å². The van der Waals surface area contributed by atoms with Gasteiger partial charge in [0.25, 0.3) is 5.91 Å². The summed E-state index contributed by atoms with van der Waals surface area (Å²) in [6.07, 6.45) is 1.11. The van der Waals surface area contributed by atoms with Crippen LogP contribution in [0.3, 0.4) is 0 Å². The van der Waals surface area contributed by atoms with E-state index in [1.807, 2.05) is 0 Å². The largest absolute Gasteiger partial charge is 0.450 e. The van der Waals surface area contributed by atoms with Crippen LogP contribution in [0.15, 0.2) is 29.2 Å². The predicted molar refractivity (Wildman–Crippen MR) is 136 cm³/mol. The molecule has 0 saturated carbocycles. The number of amides is 2. The number of hydrogen-bond donors (Lipinski definition) is 1. The molecule has 2 aliphatic heterocycles. The quantitative estimate of drug-likeness (QED) is 0.623. The normalized spacial score (nSPS) is 20.3. The first-order chi connectivity index (χ1) is 17.1. The van der Waals surface area contributed by atoms with Crippen LogP contribution in [-0.2, 0) is 27.7 Å². The Kier molecular flexibility index (Phi) is 7.68. The summed E-state index contributed by atoms with van der Waals surface area (Å²) in [5.41, 5.74) is 1.53. The van der Waals surface area contributed by atoms with Crippen molar-refractivity contribution in [2.45, 2.75) is 45.1 Å². The van der Waals surface area contributed by atoms with E-state index in [0.29, 0.717) is 55.0 Å². The van der Waals surface area contributed by atoms with Crippen LogP contribution in [0.2, 0.25) is 0 Å². The summed E-state index contributed by atoms with van der Waals surface area (Å²) in [7, 11) is -3.64. The van der Waals surface area contributed by atoms with E-state index < -0.39 is 22.0 Å². The number of nitriles is 1. The Morgan fingerprint density at radius 3 is 2.47 bits per heavy atom. The predicted octanol–water partition coefficient (Wildman–Crippen LogP) is 4.05. The van der Waals surface area contributed by atoms with Gasteiger partial charge in [-0.1, -0.05) is 13.8 Å². The van der Waals surface area contributed by atoms with Gasteiger partial charge in [-0.15, -0.1) is 11.3 Å². The molecule has 1 aromatic heterocycles. The summed E-state index contributed by atoms with van der Waals surface area (Å²) in [5.74, 6) is 0.157. The Bertz CT molecular complexity index is 1290. The van der Waals surface area contributed by atoms with Gasteiger partial charge in [-0.05, 0) is 61.4 Å². The van der Waals surface area contributed by atoms with Gasteiger partial charge in [0.15, 0.2) is 0 Å². The molecule has 4 rings (SSSR count). The lowest BCUT2D eigenvalue weighted by molar-refractivity contribution is 0.102. The molecule has 1 fully saturated rings. The number of nitrogens with zero attached hydrogens (tertiary/aromatic N) is 3. The molecule has 1 aromatic carbocycles. The maximum atomic E-state index is 13.1. The number of sulfonamides is 1. The highest BCUT2D eigenvalue weighted by Gasteiger charge is 2.32. The molecule has 2 aromatic rings. The molecule has 11 heteroatoms. The molecular weight excluding hydrogens is 500 g/mol. The van der Waals surface area contributed by atoms with E-state index in [0.717, 1.165) is 16.9 Å². The Labute approximate surface area is 215 Å². The van der Waals surface area contributed by atoms with Crippen molar-refractivity contribution in [1.82, 2.24) is 9.21 Å². The first kappa shape index (κ1) is 26.1. The lowest BCUT2D eigenvalue weighted by atomic mass is 9.94. The molecule has 3 heterocycles. The minimum absolute atomic E-state index is 0.156. The highest BCUT2D eigenvalue weighted by Crippen LogP contribution is 2.37. The molecule has 2 aliphatic rings. The van der Waals surface area contributed by atoms with Crippen LogP contribution in [-0.4, -0.2) is 55.9 Å². The number of carbonyl (C=O) groups is 2. The van der Waals surface area contributed by atoms with Gasteiger partial charge in [-0.3, -0.25) is 4.79 Å². The van der Waals surface area contributed by atoms with Crippen LogP contribution in [0.4, 0.5) is 9.80 Å². The standard InChI is InChI=1S/C25H30N4O5S2/c1-4-34-25(31)28-10-9-20-21(12-26)24(35-22(20)15-28)27-23(30)18-5-7-19(8-6-18)36(32,33)29-13-16(2)11-17(3)14-29/h5-8,16-17H,4,9-11,13-15H2,1-3H3,(H,27,30). The van der Waals surface area contributed by atoms with E-state index in [2.05, 4.69) is 25.2 Å². The van der Waals surface area contributed by atoms with Crippen LogP contribution in [0.1, 0.15) is 53.6 Å². The summed E-state index contributed by atoms with van der Waals surface area (Å²) in [6, 6.07) is 8.06. The molecule has 0 bridgehead atoms. The Balaban J connectivity index is 1.49. The van der Waals surface area contributed by atoms with Crippen molar-refractivity contribution in [1.29, 1.82) is 5.26 Å². The van der Waals surface area contributed by atoms with Crippen molar-refractivity contribution in [3.63, 3.8) is 0 Å². The molecule has 0 spiro atoms. The number of hydrogen-bond acceptors (Lipinski definition) is 7. The van der Waals surface area contributed by atoms with Crippen molar-refractivity contribution in [2.75, 3.05) is 31.6 Å². The zero-order valence-corrected chi connectivity index (χ0v) is 22.2. The fourth-order valence-electron chi connectivity index (χ4n) is 4.89. The van der Waals surface area contributed by atoms with Crippen LogP contribution < -0.4 is 5.32 Å². The second kappa shape index (κ2) is 10.6. The third-order valence-electron chi connectivity index (χ3n) is 6.51. The van der Waals surface area contributed by atoms with E-state index >= 15 is 0 Å². The molecule has 1 saturated heterocycles. The average molecular weight is 531 g/mol. The number of thiophene rings is 1. The fourth-order valence-corrected chi connectivity index (χ4v) is 7.77. The average Bonchev–Trinajstić information content (AvgIpc) is 3.19. The molecular formula is C25H30N4O5S2. The van der Waals surface area contributed by atoms with Crippen LogP contribution in [0.25, 0.3) is 0 Å². The molecule has 1 N–H and O–H groups in total. The van der Waals surface area contributed by atoms with Gasteiger partial charge in [-0.2, -0.15) is 9.57 Å². The number of piperidine rings is 1. The second-order valence-electron chi connectivity index (χ2n) is 9.44. The summed E-state index contributed by atoms with van der Waals surface area (Å²) in [4.78, 5) is 27.6. The Morgan fingerprint density at radius 1 is 1.19 bits per heavy atom.